The van der Waals surface area contributed by atoms with Crippen molar-refractivity contribution < 1.29 is 12.8 Å². The molecule has 1 aromatic heterocycles. The topological polar surface area (TPSA) is 53.8 Å². The molecule has 2 heterocycles. The fourth-order valence-electron chi connectivity index (χ4n) is 3.36. The van der Waals surface area contributed by atoms with Gasteiger partial charge in [-0.05, 0) is 31.4 Å². The summed E-state index contributed by atoms with van der Waals surface area (Å²) in [6.07, 6.45) is 4.96. The van der Waals surface area contributed by atoms with E-state index in [0.717, 1.165) is 24.9 Å². The Morgan fingerprint density at radius 1 is 1.23 bits per heavy atom. The van der Waals surface area contributed by atoms with Crippen LogP contribution >= 0.6 is 0 Å². The van der Waals surface area contributed by atoms with E-state index in [4.69, 9.17) is 4.42 Å². The van der Waals surface area contributed by atoms with Crippen molar-refractivity contribution in [2.24, 2.45) is 0 Å². The van der Waals surface area contributed by atoms with E-state index in [1.165, 1.54) is 23.4 Å². The third-order valence-electron chi connectivity index (χ3n) is 4.87. The molecule has 22 heavy (non-hydrogen) atoms. The van der Waals surface area contributed by atoms with Crippen LogP contribution in [-0.4, -0.2) is 49.8 Å². The number of hydrogen-bond donors (Lipinski definition) is 0. The van der Waals surface area contributed by atoms with Gasteiger partial charge in [0.1, 0.15) is 4.90 Å². The van der Waals surface area contributed by atoms with Crippen molar-refractivity contribution >= 4 is 21.0 Å². The molecule has 0 N–H and O–H groups in total. The van der Waals surface area contributed by atoms with Crippen molar-refractivity contribution in [3.05, 3.63) is 30.5 Å². The van der Waals surface area contributed by atoms with Gasteiger partial charge in [0.2, 0.25) is 10.0 Å². The second-order valence-electron chi connectivity index (χ2n) is 6.28. The first-order valence-electron chi connectivity index (χ1n) is 7.75. The van der Waals surface area contributed by atoms with Crippen LogP contribution in [0.5, 0.6) is 0 Å². The number of sulfonamides is 1. The van der Waals surface area contributed by atoms with Gasteiger partial charge in [0, 0.05) is 37.6 Å². The van der Waals surface area contributed by atoms with Crippen LogP contribution in [0.1, 0.15) is 19.3 Å². The predicted octanol–water partition coefficient (Wildman–Crippen LogP) is 2.29. The number of benzene rings is 1. The summed E-state index contributed by atoms with van der Waals surface area (Å²) in [5.41, 5.74) is 0.450. The van der Waals surface area contributed by atoms with Gasteiger partial charge in [-0.25, -0.2) is 8.42 Å². The molecule has 2 aromatic rings. The minimum atomic E-state index is -3.53. The van der Waals surface area contributed by atoms with Crippen molar-refractivity contribution in [1.82, 2.24) is 9.21 Å². The van der Waals surface area contributed by atoms with Gasteiger partial charge >= 0.3 is 0 Å². The second-order valence-corrected chi connectivity index (χ2v) is 8.25. The Labute approximate surface area is 130 Å². The van der Waals surface area contributed by atoms with E-state index in [1.54, 1.807) is 25.2 Å². The minimum absolute atomic E-state index is 0.0517. The summed E-state index contributed by atoms with van der Waals surface area (Å²) in [6, 6.07) is 7.79. The van der Waals surface area contributed by atoms with Gasteiger partial charge in [-0.1, -0.05) is 12.1 Å². The molecule has 1 aromatic carbocycles. The second kappa shape index (κ2) is 5.08. The molecule has 0 bridgehead atoms. The number of hydrogen-bond acceptors (Lipinski definition) is 4. The highest BCUT2D eigenvalue weighted by Gasteiger charge is 2.39. The SMILES string of the molecule is CN(C1CCN(C2CC2)C1)S(=O)(=O)c1cccc2ccoc12. The molecule has 1 atom stereocenters. The van der Waals surface area contributed by atoms with Crippen LogP contribution in [0, 0.1) is 0 Å². The summed E-state index contributed by atoms with van der Waals surface area (Å²) in [5, 5.41) is 0.820. The fraction of sp³-hybridized carbons (Fsp3) is 0.500. The molecule has 1 saturated heterocycles. The Hall–Kier alpha value is -1.37. The smallest absolute Gasteiger partial charge is 0.246 e. The lowest BCUT2D eigenvalue weighted by Crippen LogP contribution is -2.39. The first kappa shape index (κ1) is 14.2. The summed E-state index contributed by atoms with van der Waals surface area (Å²) in [5.74, 6) is 0. The van der Waals surface area contributed by atoms with Crippen LogP contribution in [0.2, 0.25) is 0 Å². The van der Waals surface area contributed by atoms with Gasteiger partial charge < -0.3 is 4.42 Å². The lowest BCUT2D eigenvalue weighted by Gasteiger charge is -2.24. The molecule has 1 aliphatic heterocycles. The predicted molar refractivity (Wildman–Crippen MR) is 84.2 cm³/mol. The summed E-state index contributed by atoms with van der Waals surface area (Å²) in [6.45, 7) is 1.84. The lowest BCUT2D eigenvalue weighted by atomic mass is 10.3. The van der Waals surface area contributed by atoms with Crippen LogP contribution in [0.25, 0.3) is 11.0 Å². The van der Waals surface area contributed by atoms with E-state index in [-0.39, 0.29) is 10.9 Å². The van der Waals surface area contributed by atoms with Crippen molar-refractivity contribution in [3.8, 4) is 0 Å². The summed E-state index contributed by atoms with van der Waals surface area (Å²) in [4.78, 5) is 2.69. The Morgan fingerprint density at radius 2 is 2.05 bits per heavy atom. The van der Waals surface area contributed by atoms with Gasteiger partial charge in [-0.3, -0.25) is 4.90 Å². The molecule has 5 nitrogen and oxygen atoms in total. The van der Waals surface area contributed by atoms with E-state index >= 15 is 0 Å². The van der Waals surface area contributed by atoms with Gasteiger partial charge in [0.15, 0.2) is 5.58 Å². The third kappa shape index (κ3) is 2.26. The zero-order valence-corrected chi connectivity index (χ0v) is 13.4. The highest BCUT2D eigenvalue weighted by atomic mass is 32.2. The molecule has 0 radical (unpaired) electrons. The standard InChI is InChI=1S/C16H20N2O3S/c1-17(14-7-9-18(11-14)13-5-6-13)22(19,20)15-4-2-3-12-8-10-21-16(12)15/h2-4,8,10,13-14H,5-7,9,11H2,1H3. The van der Waals surface area contributed by atoms with Crippen molar-refractivity contribution in [2.75, 3.05) is 20.1 Å². The number of fused-ring (bicyclic) bond motifs is 1. The summed E-state index contributed by atoms with van der Waals surface area (Å²) >= 11 is 0. The van der Waals surface area contributed by atoms with Crippen LogP contribution in [0.15, 0.2) is 39.8 Å². The van der Waals surface area contributed by atoms with Crippen molar-refractivity contribution in [3.63, 3.8) is 0 Å². The maximum atomic E-state index is 13.0. The van der Waals surface area contributed by atoms with E-state index in [1.807, 2.05) is 6.07 Å². The Balaban J connectivity index is 1.64. The largest absolute Gasteiger partial charge is 0.463 e. The molecule has 1 saturated carbocycles. The highest BCUT2D eigenvalue weighted by molar-refractivity contribution is 7.89. The molecule has 0 spiro atoms. The van der Waals surface area contributed by atoms with Crippen LogP contribution in [-0.2, 0) is 10.0 Å². The van der Waals surface area contributed by atoms with E-state index < -0.39 is 10.0 Å². The molecule has 4 rings (SSSR count). The summed E-state index contributed by atoms with van der Waals surface area (Å²) in [7, 11) is -1.84. The quantitative estimate of drug-likeness (QED) is 0.867. The average Bonchev–Trinajstić information content (AvgIpc) is 3.06. The van der Waals surface area contributed by atoms with Crippen molar-refractivity contribution in [2.45, 2.75) is 36.2 Å². The highest BCUT2D eigenvalue weighted by Crippen LogP contribution is 2.33. The zero-order chi connectivity index (χ0) is 15.3. The third-order valence-corrected chi connectivity index (χ3v) is 6.81. The van der Waals surface area contributed by atoms with E-state index in [0.29, 0.717) is 11.6 Å². The number of furan rings is 1. The molecular formula is C16H20N2O3S. The molecule has 1 unspecified atom stereocenters. The number of likely N-dealkylation sites (tertiary alicyclic amines) is 1. The Morgan fingerprint density at radius 3 is 2.82 bits per heavy atom. The van der Waals surface area contributed by atoms with Crippen molar-refractivity contribution in [1.29, 1.82) is 0 Å². The van der Waals surface area contributed by atoms with Crippen LogP contribution < -0.4 is 0 Å². The maximum Gasteiger partial charge on any atom is 0.246 e. The first-order valence-corrected chi connectivity index (χ1v) is 9.20. The number of likely N-dealkylation sites (N-methyl/N-ethyl adjacent to an activating group) is 1. The van der Waals surface area contributed by atoms with Gasteiger partial charge in [-0.2, -0.15) is 4.31 Å². The molecule has 6 heteroatoms. The molecule has 0 amide bonds. The van der Waals surface area contributed by atoms with Crippen LogP contribution in [0.4, 0.5) is 0 Å². The normalized spacial score (nSPS) is 23.6. The van der Waals surface area contributed by atoms with Gasteiger partial charge in [-0.15, -0.1) is 0 Å². The average molecular weight is 320 g/mol. The molecule has 2 fully saturated rings. The molecule has 2 aliphatic rings. The maximum absolute atomic E-state index is 13.0. The van der Waals surface area contributed by atoms with Crippen LogP contribution in [0.3, 0.4) is 0 Å². The van der Waals surface area contributed by atoms with E-state index in [9.17, 15) is 8.42 Å². The first-order chi connectivity index (χ1) is 10.6. The Bertz CT molecular complexity index is 795. The van der Waals surface area contributed by atoms with Gasteiger partial charge in [0.25, 0.3) is 0 Å². The molecule has 1 aliphatic carbocycles. The fourth-order valence-corrected chi connectivity index (χ4v) is 4.88. The summed E-state index contributed by atoms with van der Waals surface area (Å²) < 4.78 is 32.9. The lowest BCUT2D eigenvalue weighted by molar-refractivity contribution is 0.296. The number of para-hydroxylation sites is 1. The Kier molecular flexibility index (Phi) is 3.29. The molecule has 118 valence electrons. The number of nitrogens with zero attached hydrogens (tertiary/aromatic N) is 2. The zero-order valence-electron chi connectivity index (χ0n) is 12.6. The minimum Gasteiger partial charge on any atom is -0.463 e. The monoisotopic (exact) mass is 320 g/mol. The molecular weight excluding hydrogens is 300 g/mol. The van der Waals surface area contributed by atoms with E-state index in [2.05, 4.69) is 4.90 Å². The van der Waals surface area contributed by atoms with Gasteiger partial charge in [0.05, 0.1) is 6.26 Å². The number of rotatable bonds is 4.